The van der Waals surface area contributed by atoms with E-state index in [1.807, 2.05) is 64.1 Å². The van der Waals surface area contributed by atoms with E-state index in [0.717, 1.165) is 23.1 Å². The molecule has 7 nitrogen and oxygen atoms in total. The molecule has 1 atom stereocenters. The highest BCUT2D eigenvalue weighted by Crippen LogP contribution is 2.20. The quantitative estimate of drug-likeness (QED) is 0.446. The van der Waals surface area contributed by atoms with E-state index < -0.39 is 16.1 Å². The average molecular weight is 502 g/mol. The van der Waals surface area contributed by atoms with Crippen LogP contribution in [0.1, 0.15) is 56.2 Å². The van der Waals surface area contributed by atoms with Crippen molar-refractivity contribution < 1.29 is 18.0 Å². The standard InChI is InChI=1S/C27H39N3O4S/c1-6-18-28-27(32)25(7-2)29(20-23-12-9-8-11-22(23)4)26(31)13-10-19-30(35(5,33)34)24-16-14-21(3)15-17-24/h8-9,11-12,14-17,25H,6-7,10,13,18-20H2,1-5H3,(H,28,32)/t25-/m0/s1. The highest BCUT2D eigenvalue weighted by atomic mass is 32.2. The molecule has 8 heteroatoms. The number of nitrogens with one attached hydrogen (secondary N) is 1. The van der Waals surface area contributed by atoms with Crippen LogP contribution in [0.3, 0.4) is 0 Å². The van der Waals surface area contributed by atoms with Crippen molar-refractivity contribution in [1.29, 1.82) is 0 Å². The summed E-state index contributed by atoms with van der Waals surface area (Å²) in [6.07, 6.45) is 2.96. The van der Waals surface area contributed by atoms with Crippen LogP contribution in [0.25, 0.3) is 0 Å². The zero-order valence-electron chi connectivity index (χ0n) is 21.6. The molecule has 0 spiro atoms. The van der Waals surface area contributed by atoms with Crippen molar-refractivity contribution in [2.45, 2.75) is 66.0 Å². The van der Waals surface area contributed by atoms with Crippen molar-refractivity contribution in [2.75, 3.05) is 23.7 Å². The molecule has 1 N–H and O–H groups in total. The fraction of sp³-hybridized carbons (Fsp3) is 0.481. The molecule has 0 aliphatic rings. The SMILES string of the molecule is CCCNC(=O)[C@H](CC)N(Cc1ccccc1C)C(=O)CCCN(c1ccc(C)cc1)S(C)(=O)=O. The molecule has 0 aromatic heterocycles. The molecular weight excluding hydrogens is 462 g/mol. The number of carbonyl (C=O) groups is 2. The van der Waals surface area contributed by atoms with Gasteiger partial charge >= 0.3 is 0 Å². The number of hydrogen-bond donors (Lipinski definition) is 1. The van der Waals surface area contributed by atoms with Crippen LogP contribution in [0, 0.1) is 13.8 Å². The molecule has 0 heterocycles. The van der Waals surface area contributed by atoms with E-state index in [0.29, 0.717) is 31.6 Å². The van der Waals surface area contributed by atoms with Crippen LogP contribution in [-0.2, 0) is 26.2 Å². The molecule has 2 aromatic carbocycles. The second kappa shape index (κ2) is 13.3. The molecule has 0 saturated heterocycles. The molecule has 0 aliphatic carbocycles. The van der Waals surface area contributed by atoms with E-state index in [9.17, 15) is 18.0 Å². The lowest BCUT2D eigenvalue weighted by Gasteiger charge is -2.31. The summed E-state index contributed by atoms with van der Waals surface area (Å²) in [7, 11) is -3.50. The largest absolute Gasteiger partial charge is 0.354 e. The van der Waals surface area contributed by atoms with Gasteiger partial charge in [-0.25, -0.2) is 8.42 Å². The van der Waals surface area contributed by atoms with E-state index in [2.05, 4.69) is 5.32 Å². The molecule has 2 aromatic rings. The Morgan fingerprint density at radius 1 is 1.00 bits per heavy atom. The maximum Gasteiger partial charge on any atom is 0.242 e. The Morgan fingerprint density at radius 3 is 2.23 bits per heavy atom. The zero-order chi connectivity index (χ0) is 26.0. The van der Waals surface area contributed by atoms with Gasteiger partial charge in [0.25, 0.3) is 0 Å². The average Bonchev–Trinajstić information content (AvgIpc) is 2.81. The van der Waals surface area contributed by atoms with Gasteiger partial charge in [-0.05, 0) is 56.4 Å². The second-order valence-corrected chi connectivity index (χ2v) is 10.8. The summed E-state index contributed by atoms with van der Waals surface area (Å²) < 4.78 is 26.2. The van der Waals surface area contributed by atoms with Crippen LogP contribution in [-0.4, -0.2) is 50.5 Å². The van der Waals surface area contributed by atoms with Crippen LogP contribution in [0.5, 0.6) is 0 Å². The number of anilines is 1. The molecule has 0 aliphatic heterocycles. The summed E-state index contributed by atoms with van der Waals surface area (Å²) in [4.78, 5) is 28.0. The van der Waals surface area contributed by atoms with Crippen molar-refractivity contribution in [2.24, 2.45) is 0 Å². The first kappa shape index (κ1) is 28.4. The highest BCUT2D eigenvalue weighted by molar-refractivity contribution is 7.92. The second-order valence-electron chi connectivity index (χ2n) is 8.94. The van der Waals surface area contributed by atoms with E-state index in [1.54, 1.807) is 17.0 Å². The Kier molecular flexibility index (Phi) is 10.8. The van der Waals surface area contributed by atoms with E-state index >= 15 is 0 Å². The molecular formula is C27H39N3O4S. The molecule has 2 rings (SSSR count). The number of benzene rings is 2. The van der Waals surface area contributed by atoms with Gasteiger partial charge in [-0.15, -0.1) is 0 Å². The number of sulfonamides is 1. The third-order valence-corrected chi connectivity index (χ3v) is 7.21. The number of nitrogens with zero attached hydrogens (tertiary/aromatic N) is 2. The summed E-state index contributed by atoms with van der Waals surface area (Å²) >= 11 is 0. The minimum absolute atomic E-state index is 0.140. The summed E-state index contributed by atoms with van der Waals surface area (Å²) in [5, 5.41) is 2.92. The lowest BCUT2D eigenvalue weighted by atomic mass is 10.1. The minimum Gasteiger partial charge on any atom is -0.354 e. The van der Waals surface area contributed by atoms with E-state index in [4.69, 9.17) is 0 Å². The Balaban J connectivity index is 2.20. The zero-order valence-corrected chi connectivity index (χ0v) is 22.4. The number of aryl methyl sites for hydroxylation is 2. The molecule has 0 fully saturated rings. The van der Waals surface area contributed by atoms with Gasteiger partial charge in [0, 0.05) is 26.1 Å². The van der Waals surface area contributed by atoms with Gasteiger partial charge in [-0.2, -0.15) is 0 Å². The molecule has 35 heavy (non-hydrogen) atoms. The third-order valence-electron chi connectivity index (χ3n) is 6.01. The van der Waals surface area contributed by atoms with Gasteiger partial charge in [0.1, 0.15) is 6.04 Å². The van der Waals surface area contributed by atoms with Gasteiger partial charge in [0.2, 0.25) is 21.8 Å². The van der Waals surface area contributed by atoms with Crippen LogP contribution >= 0.6 is 0 Å². The Labute approximate surface area is 210 Å². The predicted octanol–water partition coefficient (Wildman–Crippen LogP) is 4.18. The highest BCUT2D eigenvalue weighted by Gasteiger charge is 2.29. The molecule has 192 valence electrons. The number of rotatable bonds is 13. The molecule has 0 radical (unpaired) electrons. The lowest BCUT2D eigenvalue weighted by molar-refractivity contribution is -0.141. The number of amides is 2. The van der Waals surface area contributed by atoms with Crippen molar-refractivity contribution in [3.63, 3.8) is 0 Å². The monoisotopic (exact) mass is 501 g/mol. The first-order valence-electron chi connectivity index (χ1n) is 12.2. The first-order valence-corrected chi connectivity index (χ1v) is 14.1. The molecule has 0 unspecified atom stereocenters. The van der Waals surface area contributed by atoms with Crippen LogP contribution < -0.4 is 9.62 Å². The maximum atomic E-state index is 13.4. The summed E-state index contributed by atoms with van der Waals surface area (Å²) in [6.45, 7) is 8.89. The third kappa shape index (κ3) is 8.38. The summed E-state index contributed by atoms with van der Waals surface area (Å²) in [5.74, 6) is -0.321. The smallest absolute Gasteiger partial charge is 0.242 e. The van der Waals surface area contributed by atoms with Crippen LogP contribution in [0.2, 0.25) is 0 Å². The lowest BCUT2D eigenvalue weighted by Crippen LogP contribution is -2.49. The van der Waals surface area contributed by atoms with Crippen molar-refractivity contribution >= 4 is 27.5 Å². The van der Waals surface area contributed by atoms with E-state index in [1.165, 1.54) is 10.6 Å². The predicted molar refractivity (Wildman–Crippen MR) is 142 cm³/mol. The van der Waals surface area contributed by atoms with Crippen molar-refractivity contribution in [3.05, 3.63) is 65.2 Å². The fourth-order valence-electron chi connectivity index (χ4n) is 3.97. The van der Waals surface area contributed by atoms with Gasteiger partial charge in [-0.1, -0.05) is 55.8 Å². The number of carbonyl (C=O) groups excluding carboxylic acids is 2. The molecule has 2 amide bonds. The summed E-state index contributed by atoms with van der Waals surface area (Å²) in [6, 6.07) is 14.5. The van der Waals surface area contributed by atoms with Crippen molar-refractivity contribution in [3.8, 4) is 0 Å². The Hall–Kier alpha value is -2.87. The topological polar surface area (TPSA) is 86.8 Å². The van der Waals surface area contributed by atoms with Gasteiger partial charge < -0.3 is 10.2 Å². The molecule has 0 saturated carbocycles. The minimum atomic E-state index is -3.50. The van der Waals surface area contributed by atoms with Crippen LogP contribution in [0.15, 0.2) is 48.5 Å². The Bertz CT molecular complexity index is 1080. The van der Waals surface area contributed by atoms with Gasteiger partial charge in [-0.3, -0.25) is 13.9 Å². The first-order chi connectivity index (χ1) is 16.6. The van der Waals surface area contributed by atoms with Gasteiger partial charge in [0.05, 0.1) is 11.9 Å². The maximum absolute atomic E-state index is 13.4. The van der Waals surface area contributed by atoms with Crippen molar-refractivity contribution in [1.82, 2.24) is 10.2 Å². The van der Waals surface area contributed by atoms with E-state index in [-0.39, 0.29) is 24.8 Å². The van der Waals surface area contributed by atoms with Crippen LogP contribution in [0.4, 0.5) is 5.69 Å². The Morgan fingerprint density at radius 2 is 1.66 bits per heavy atom. The number of hydrogen-bond acceptors (Lipinski definition) is 4. The fourth-order valence-corrected chi connectivity index (χ4v) is 4.94. The molecule has 0 bridgehead atoms. The normalized spacial score (nSPS) is 12.1. The summed E-state index contributed by atoms with van der Waals surface area (Å²) in [5.41, 5.74) is 3.65. The van der Waals surface area contributed by atoms with Gasteiger partial charge in [0.15, 0.2) is 0 Å².